The van der Waals surface area contributed by atoms with Crippen LogP contribution in [0.1, 0.15) is 31.9 Å². The third-order valence-corrected chi connectivity index (χ3v) is 5.33. The van der Waals surface area contributed by atoms with Crippen LogP contribution in [0.15, 0.2) is 60.7 Å². The second-order valence-electron chi connectivity index (χ2n) is 9.15. The molecule has 0 spiro atoms. The summed E-state index contributed by atoms with van der Waals surface area (Å²) in [6.45, 7) is 6.58. The normalized spacial score (nSPS) is 16.8. The molecule has 0 aliphatic carbocycles. The van der Waals surface area contributed by atoms with Crippen LogP contribution < -0.4 is 5.32 Å². The van der Waals surface area contributed by atoms with Crippen molar-refractivity contribution in [3.8, 4) is 0 Å². The third kappa shape index (κ3) is 7.01. The Morgan fingerprint density at radius 2 is 1.71 bits per heavy atom. The van der Waals surface area contributed by atoms with Gasteiger partial charge >= 0.3 is 18.0 Å². The van der Waals surface area contributed by atoms with Gasteiger partial charge in [-0.3, -0.25) is 0 Å². The van der Waals surface area contributed by atoms with Crippen molar-refractivity contribution in [2.45, 2.75) is 51.5 Å². The van der Waals surface area contributed by atoms with Gasteiger partial charge in [0.1, 0.15) is 12.2 Å². The van der Waals surface area contributed by atoms with Crippen molar-refractivity contribution >= 4 is 18.0 Å². The van der Waals surface area contributed by atoms with Gasteiger partial charge in [-0.25, -0.2) is 9.59 Å². The molecule has 2 aromatic rings. The second kappa shape index (κ2) is 11.6. The van der Waals surface area contributed by atoms with Gasteiger partial charge in [-0.05, 0) is 36.6 Å². The molecule has 180 valence electrons. The van der Waals surface area contributed by atoms with Crippen LogP contribution in [0.25, 0.3) is 0 Å². The fraction of sp³-hybridized carbons (Fsp3) is 0.423. The minimum atomic E-state index is -0.994. The molecule has 2 atom stereocenters. The SMILES string of the molecule is CC(C)(C)OC(=O)C1CNCCN1[N+](=C=O)[C@@H](Cc1ccccc1)C(=O)OCc1ccccc1. The number of benzene rings is 2. The fourth-order valence-corrected chi connectivity index (χ4v) is 3.75. The highest BCUT2D eigenvalue weighted by atomic mass is 16.6. The van der Waals surface area contributed by atoms with Crippen LogP contribution in [0.4, 0.5) is 0 Å². The largest absolute Gasteiger partial charge is 0.458 e. The maximum atomic E-state index is 13.3. The van der Waals surface area contributed by atoms with E-state index in [2.05, 4.69) is 5.32 Å². The zero-order valence-corrected chi connectivity index (χ0v) is 19.9. The predicted octanol–water partition coefficient (Wildman–Crippen LogP) is 2.22. The van der Waals surface area contributed by atoms with E-state index in [1.807, 2.05) is 66.7 Å². The Bertz CT molecular complexity index is 1010. The van der Waals surface area contributed by atoms with Crippen LogP contribution in [0.5, 0.6) is 0 Å². The molecule has 0 saturated carbocycles. The highest BCUT2D eigenvalue weighted by Gasteiger charge is 2.44. The lowest BCUT2D eigenvalue weighted by atomic mass is 10.1. The van der Waals surface area contributed by atoms with Gasteiger partial charge in [0.15, 0.2) is 6.04 Å². The Kier molecular flexibility index (Phi) is 8.57. The van der Waals surface area contributed by atoms with Gasteiger partial charge in [-0.15, -0.1) is 0 Å². The van der Waals surface area contributed by atoms with E-state index in [9.17, 15) is 14.4 Å². The summed E-state index contributed by atoms with van der Waals surface area (Å²) in [5, 5.41) is 4.72. The first-order valence-corrected chi connectivity index (χ1v) is 11.4. The van der Waals surface area contributed by atoms with Gasteiger partial charge in [0.2, 0.25) is 0 Å². The topological polar surface area (TPSA) is 88.0 Å². The van der Waals surface area contributed by atoms with Crippen molar-refractivity contribution in [2.24, 2.45) is 0 Å². The zero-order chi connectivity index (χ0) is 24.6. The highest BCUT2D eigenvalue weighted by molar-refractivity contribution is 5.77. The molecule has 0 aromatic heterocycles. The molecule has 0 bridgehead atoms. The molecule has 1 unspecified atom stereocenters. The number of isocyanates is 1. The Morgan fingerprint density at radius 1 is 1.09 bits per heavy atom. The molecule has 1 saturated heterocycles. The minimum absolute atomic E-state index is 0.0781. The van der Waals surface area contributed by atoms with E-state index < -0.39 is 29.6 Å². The Morgan fingerprint density at radius 3 is 2.29 bits per heavy atom. The monoisotopic (exact) mass is 466 g/mol. The molecule has 0 amide bonds. The fourth-order valence-electron chi connectivity index (χ4n) is 3.75. The first kappa shape index (κ1) is 25.1. The van der Waals surface area contributed by atoms with Crippen LogP contribution in [-0.4, -0.2) is 65.0 Å². The van der Waals surface area contributed by atoms with Crippen LogP contribution in [0, 0.1) is 0 Å². The number of rotatable bonds is 8. The molecule has 2 aromatic carbocycles. The van der Waals surface area contributed by atoms with Crippen LogP contribution in [-0.2, 0) is 36.9 Å². The summed E-state index contributed by atoms with van der Waals surface area (Å²) in [5.74, 6) is -1.05. The number of hydrazine groups is 1. The van der Waals surface area contributed by atoms with Crippen molar-refractivity contribution in [1.82, 2.24) is 10.3 Å². The molecule has 1 fully saturated rings. The smallest absolute Gasteiger partial charge is 0.456 e. The van der Waals surface area contributed by atoms with Gasteiger partial charge in [0, 0.05) is 19.5 Å². The Balaban J connectivity index is 1.87. The molecule has 1 aliphatic heterocycles. The molecule has 1 N–H and O–H groups in total. The van der Waals surface area contributed by atoms with Gasteiger partial charge in [-0.1, -0.05) is 60.7 Å². The van der Waals surface area contributed by atoms with Gasteiger partial charge in [0.05, 0.1) is 6.54 Å². The third-order valence-electron chi connectivity index (χ3n) is 5.33. The van der Waals surface area contributed by atoms with E-state index in [1.165, 1.54) is 4.68 Å². The molecule has 1 aliphatic rings. The lowest BCUT2D eigenvalue weighted by Crippen LogP contribution is -2.62. The highest BCUT2D eigenvalue weighted by Crippen LogP contribution is 2.17. The lowest BCUT2D eigenvalue weighted by Gasteiger charge is -2.33. The van der Waals surface area contributed by atoms with Gasteiger partial charge in [-0.2, -0.15) is 9.80 Å². The predicted molar refractivity (Wildman–Crippen MR) is 125 cm³/mol. The standard InChI is InChI=1S/C26H32N3O5/c1-26(2,3)34-25(32)23-17-27-14-15-28(23)29(19-30)22(16-20-10-6-4-7-11-20)24(31)33-18-21-12-8-5-9-13-21/h4-13,22-23,27H,14-18H2,1-3H3/q+1/t22-,23?/m0/s1. The number of nitrogens with one attached hydrogen (secondary N) is 1. The molecular formula is C26H32N3O5+. The molecular weight excluding hydrogens is 434 g/mol. The maximum absolute atomic E-state index is 13.3. The Labute approximate surface area is 200 Å². The summed E-state index contributed by atoms with van der Waals surface area (Å²) in [6.07, 6.45) is 2.11. The van der Waals surface area contributed by atoms with Gasteiger partial charge in [0.25, 0.3) is 6.04 Å². The van der Waals surface area contributed by atoms with Crippen molar-refractivity contribution in [3.63, 3.8) is 0 Å². The van der Waals surface area contributed by atoms with E-state index >= 15 is 0 Å². The summed E-state index contributed by atoms with van der Waals surface area (Å²) >= 11 is 0. The average molecular weight is 467 g/mol. The van der Waals surface area contributed by atoms with E-state index in [-0.39, 0.29) is 19.6 Å². The van der Waals surface area contributed by atoms with Gasteiger partial charge < -0.3 is 14.8 Å². The van der Waals surface area contributed by atoms with Crippen molar-refractivity contribution in [3.05, 3.63) is 71.8 Å². The zero-order valence-electron chi connectivity index (χ0n) is 19.9. The quantitative estimate of drug-likeness (QED) is 0.276. The number of ether oxygens (including phenoxy) is 2. The molecule has 8 heteroatoms. The number of hydrogen-bond donors (Lipinski definition) is 1. The van der Waals surface area contributed by atoms with Crippen LogP contribution >= 0.6 is 0 Å². The van der Waals surface area contributed by atoms with Crippen molar-refractivity contribution in [1.29, 1.82) is 0 Å². The first-order valence-electron chi connectivity index (χ1n) is 11.4. The van der Waals surface area contributed by atoms with Crippen molar-refractivity contribution in [2.75, 3.05) is 19.6 Å². The van der Waals surface area contributed by atoms with E-state index in [0.29, 0.717) is 13.1 Å². The molecule has 1 heterocycles. The second-order valence-corrected chi connectivity index (χ2v) is 9.15. The number of carbonyl (C=O) groups excluding carboxylic acids is 3. The van der Waals surface area contributed by atoms with E-state index in [4.69, 9.17) is 9.47 Å². The average Bonchev–Trinajstić information content (AvgIpc) is 2.83. The summed E-state index contributed by atoms with van der Waals surface area (Å²) < 4.78 is 12.3. The number of hydrazone groups is 1. The summed E-state index contributed by atoms with van der Waals surface area (Å²) in [4.78, 5) is 38.4. The number of esters is 2. The lowest BCUT2D eigenvalue weighted by molar-refractivity contribution is -0.712. The number of nitrogens with zero attached hydrogens (tertiary/aromatic N) is 2. The molecule has 3 rings (SSSR count). The molecule has 34 heavy (non-hydrogen) atoms. The first-order chi connectivity index (χ1) is 16.3. The number of carbonyl (C=O) groups is 2. The summed E-state index contributed by atoms with van der Waals surface area (Å²) in [7, 11) is 0. The van der Waals surface area contributed by atoms with E-state index in [0.717, 1.165) is 11.1 Å². The maximum Gasteiger partial charge on any atom is 0.456 e. The summed E-state index contributed by atoms with van der Waals surface area (Å²) in [5.41, 5.74) is 1.01. The number of hydrogen-bond acceptors (Lipinski definition) is 7. The summed E-state index contributed by atoms with van der Waals surface area (Å²) in [6, 6.07) is 16.9. The number of piperazine rings is 1. The van der Waals surface area contributed by atoms with E-state index in [1.54, 1.807) is 25.8 Å². The van der Waals surface area contributed by atoms with Crippen LogP contribution in [0.3, 0.4) is 0 Å². The minimum Gasteiger partial charge on any atom is -0.458 e. The Hall–Kier alpha value is -3.48. The van der Waals surface area contributed by atoms with Crippen molar-refractivity contribution < 1.29 is 28.5 Å². The molecule has 8 nitrogen and oxygen atoms in total. The van der Waals surface area contributed by atoms with Crippen LogP contribution in [0.2, 0.25) is 0 Å². The molecule has 0 radical (unpaired) electrons.